The van der Waals surface area contributed by atoms with Crippen molar-refractivity contribution in [3.8, 4) is 0 Å². The molecule has 0 aromatic heterocycles. The first-order valence-corrected chi connectivity index (χ1v) is 7.61. The van der Waals surface area contributed by atoms with Gasteiger partial charge < -0.3 is 15.3 Å². The number of aliphatic hydroxyl groups excluding tert-OH is 1. The molecule has 0 aromatic rings. The minimum atomic E-state index is 0.212. The molecule has 0 saturated carbocycles. The number of hydrogen-bond donors (Lipinski definition) is 2. The van der Waals surface area contributed by atoms with Gasteiger partial charge in [-0.15, -0.1) is 0 Å². The van der Waals surface area contributed by atoms with Crippen LogP contribution in [0.25, 0.3) is 0 Å². The van der Waals surface area contributed by atoms with Crippen molar-refractivity contribution in [2.24, 2.45) is 5.92 Å². The monoisotopic (exact) mass is 269 g/mol. The molecule has 5 heteroatoms. The number of carbonyl (C=O) groups excluding carboxylic acids is 1. The Kier molecular flexibility index (Phi) is 6.07. The molecule has 2 heterocycles. The molecule has 0 bridgehead atoms. The van der Waals surface area contributed by atoms with E-state index in [-0.39, 0.29) is 6.61 Å². The zero-order valence-corrected chi connectivity index (χ0v) is 11.8. The number of hydrogen-bond acceptors (Lipinski definition) is 4. The number of piperazine rings is 1. The quantitative estimate of drug-likeness (QED) is 0.732. The van der Waals surface area contributed by atoms with Gasteiger partial charge >= 0.3 is 0 Å². The third-order valence-corrected chi connectivity index (χ3v) is 4.37. The van der Waals surface area contributed by atoms with Gasteiger partial charge in [-0.2, -0.15) is 0 Å². The first kappa shape index (κ1) is 14.8. The first-order valence-electron chi connectivity index (χ1n) is 7.61. The number of carbonyl (C=O) groups is 1. The van der Waals surface area contributed by atoms with Gasteiger partial charge in [-0.3, -0.25) is 9.69 Å². The predicted molar refractivity (Wildman–Crippen MR) is 74.9 cm³/mol. The van der Waals surface area contributed by atoms with Crippen LogP contribution in [0, 0.1) is 5.92 Å². The van der Waals surface area contributed by atoms with Crippen LogP contribution in [0.3, 0.4) is 0 Å². The fourth-order valence-corrected chi connectivity index (χ4v) is 3.02. The molecule has 19 heavy (non-hydrogen) atoms. The number of piperidine rings is 1. The summed E-state index contributed by atoms with van der Waals surface area (Å²) in [5.41, 5.74) is 0. The Labute approximate surface area is 115 Å². The minimum absolute atomic E-state index is 0.212. The van der Waals surface area contributed by atoms with Crippen molar-refractivity contribution in [1.82, 2.24) is 15.1 Å². The van der Waals surface area contributed by atoms with Gasteiger partial charge in [0.1, 0.15) is 0 Å². The van der Waals surface area contributed by atoms with E-state index in [1.54, 1.807) is 0 Å². The average Bonchev–Trinajstić information content (AvgIpc) is 2.47. The lowest BCUT2D eigenvalue weighted by Gasteiger charge is -2.34. The van der Waals surface area contributed by atoms with Crippen LogP contribution < -0.4 is 5.32 Å². The summed E-state index contributed by atoms with van der Waals surface area (Å²) >= 11 is 0. The van der Waals surface area contributed by atoms with Crippen molar-refractivity contribution in [2.45, 2.75) is 25.7 Å². The molecule has 5 nitrogen and oxygen atoms in total. The smallest absolute Gasteiger partial charge is 0.222 e. The van der Waals surface area contributed by atoms with Gasteiger partial charge in [-0.25, -0.2) is 0 Å². The summed E-state index contributed by atoms with van der Waals surface area (Å²) in [6.07, 6.45) is 4.21. The molecule has 2 aliphatic rings. The van der Waals surface area contributed by atoms with E-state index < -0.39 is 0 Å². The molecule has 2 saturated heterocycles. The van der Waals surface area contributed by atoms with Gasteiger partial charge in [-0.1, -0.05) is 0 Å². The maximum atomic E-state index is 12.1. The Morgan fingerprint density at radius 1 is 1.16 bits per heavy atom. The van der Waals surface area contributed by atoms with Crippen LogP contribution in [0.4, 0.5) is 0 Å². The van der Waals surface area contributed by atoms with Gasteiger partial charge in [0.2, 0.25) is 5.91 Å². The van der Waals surface area contributed by atoms with Crippen molar-refractivity contribution in [3.63, 3.8) is 0 Å². The van der Waals surface area contributed by atoms with E-state index in [0.29, 0.717) is 12.3 Å². The molecular weight excluding hydrogens is 242 g/mol. The van der Waals surface area contributed by atoms with Gasteiger partial charge in [0.05, 0.1) is 6.61 Å². The fraction of sp³-hybridized carbons (Fsp3) is 0.929. The van der Waals surface area contributed by atoms with Crippen LogP contribution >= 0.6 is 0 Å². The molecule has 2 fully saturated rings. The van der Waals surface area contributed by atoms with E-state index in [0.717, 1.165) is 58.2 Å². The molecule has 1 amide bonds. The van der Waals surface area contributed by atoms with Crippen molar-refractivity contribution in [1.29, 1.82) is 0 Å². The van der Waals surface area contributed by atoms with E-state index in [1.165, 1.54) is 12.8 Å². The second-order valence-electron chi connectivity index (χ2n) is 5.68. The molecule has 2 aliphatic heterocycles. The Bertz CT molecular complexity index is 272. The van der Waals surface area contributed by atoms with Crippen molar-refractivity contribution in [3.05, 3.63) is 0 Å². The van der Waals surface area contributed by atoms with Crippen molar-refractivity contribution < 1.29 is 9.90 Å². The molecular formula is C14H27N3O2. The summed E-state index contributed by atoms with van der Waals surface area (Å²) in [4.78, 5) is 16.4. The lowest BCUT2D eigenvalue weighted by Crippen LogP contribution is -2.49. The molecule has 110 valence electrons. The Balaban J connectivity index is 1.63. The second kappa shape index (κ2) is 7.82. The summed E-state index contributed by atoms with van der Waals surface area (Å²) in [5.74, 6) is 1.06. The van der Waals surface area contributed by atoms with E-state index in [4.69, 9.17) is 5.11 Å². The van der Waals surface area contributed by atoms with E-state index in [9.17, 15) is 4.79 Å². The van der Waals surface area contributed by atoms with Crippen LogP contribution in [-0.4, -0.2) is 73.2 Å². The third kappa shape index (κ3) is 4.75. The summed E-state index contributed by atoms with van der Waals surface area (Å²) < 4.78 is 0. The maximum absolute atomic E-state index is 12.1. The van der Waals surface area contributed by atoms with Gasteiger partial charge in [-0.05, 0) is 38.3 Å². The SMILES string of the molecule is O=C(CCC1CCNCC1)N1CCN(CCO)CC1. The maximum Gasteiger partial charge on any atom is 0.222 e. The molecule has 0 radical (unpaired) electrons. The zero-order chi connectivity index (χ0) is 13.5. The second-order valence-corrected chi connectivity index (χ2v) is 5.68. The third-order valence-electron chi connectivity index (χ3n) is 4.37. The van der Waals surface area contributed by atoms with Crippen LogP contribution in [0.1, 0.15) is 25.7 Å². The number of β-amino-alcohol motifs (C(OH)–C–C–N with tert-alkyl or cyclic N) is 1. The van der Waals surface area contributed by atoms with E-state index >= 15 is 0 Å². The van der Waals surface area contributed by atoms with Crippen molar-refractivity contribution >= 4 is 5.91 Å². The van der Waals surface area contributed by atoms with Crippen molar-refractivity contribution in [2.75, 3.05) is 52.4 Å². The fourth-order valence-electron chi connectivity index (χ4n) is 3.02. The lowest BCUT2D eigenvalue weighted by molar-refractivity contribution is -0.133. The first-order chi connectivity index (χ1) is 9.29. The highest BCUT2D eigenvalue weighted by Crippen LogP contribution is 2.18. The summed E-state index contributed by atoms with van der Waals surface area (Å²) in [7, 11) is 0. The van der Waals surface area contributed by atoms with Crippen LogP contribution in [0.15, 0.2) is 0 Å². The number of amides is 1. The highest BCUT2D eigenvalue weighted by Gasteiger charge is 2.21. The Morgan fingerprint density at radius 2 is 1.84 bits per heavy atom. The number of aliphatic hydroxyl groups is 1. The molecule has 0 unspecified atom stereocenters. The summed E-state index contributed by atoms with van der Waals surface area (Å²) in [6.45, 7) is 6.62. The van der Waals surface area contributed by atoms with Crippen LogP contribution in [0.2, 0.25) is 0 Å². The molecule has 0 atom stereocenters. The topological polar surface area (TPSA) is 55.8 Å². The predicted octanol–water partition coefficient (Wildman–Crippen LogP) is -0.0973. The standard InChI is InChI=1S/C14H27N3O2/c18-12-11-16-7-9-17(10-8-16)14(19)2-1-13-3-5-15-6-4-13/h13,15,18H,1-12H2. The lowest BCUT2D eigenvalue weighted by atomic mass is 9.93. The van der Waals surface area contributed by atoms with Gasteiger partial charge in [0.25, 0.3) is 0 Å². The molecule has 2 N–H and O–H groups in total. The van der Waals surface area contributed by atoms with E-state index in [2.05, 4.69) is 10.2 Å². The highest BCUT2D eigenvalue weighted by atomic mass is 16.3. The highest BCUT2D eigenvalue weighted by molar-refractivity contribution is 5.76. The molecule has 0 aliphatic carbocycles. The average molecular weight is 269 g/mol. The summed E-state index contributed by atoms with van der Waals surface area (Å²) in [6, 6.07) is 0. The largest absolute Gasteiger partial charge is 0.395 e. The minimum Gasteiger partial charge on any atom is -0.395 e. The Hall–Kier alpha value is -0.650. The normalized spacial score (nSPS) is 22.7. The molecule has 0 spiro atoms. The molecule has 0 aromatic carbocycles. The van der Waals surface area contributed by atoms with E-state index in [1.807, 2.05) is 4.90 Å². The zero-order valence-electron chi connectivity index (χ0n) is 11.8. The molecule has 2 rings (SSSR count). The number of rotatable bonds is 5. The van der Waals surface area contributed by atoms with Crippen LogP contribution in [-0.2, 0) is 4.79 Å². The van der Waals surface area contributed by atoms with Crippen LogP contribution in [0.5, 0.6) is 0 Å². The number of nitrogens with zero attached hydrogens (tertiary/aromatic N) is 2. The number of nitrogens with one attached hydrogen (secondary N) is 1. The van der Waals surface area contributed by atoms with Gasteiger partial charge in [0.15, 0.2) is 0 Å². The summed E-state index contributed by atoms with van der Waals surface area (Å²) in [5, 5.41) is 12.3. The van der Waals surface area contributed by atoms with Gasteiger partial charge in [0, 0.05) is 39.1 Å². The Morgan fingerprint density at radius 3 is 2.47 bits per heavy atom.